The normalized spacial score (nSPS) is 10.6. The van der Waals surface area contributed by atoms with E-state index < -0.39 is 0 Å². The van der Waals surface area contributed by atoms with Gasteiger partial charge in [-0.2, -0.15) is 0 Å². The average molecular weight is 132 g/mol. The molecule has 52 valence electrons. The van der Waals surface area contributed by atoms with Crippen LogP contribution in [0.5, 0.6) is 0 Å². The van der Waals surface area contributed by atoms with E-state index in [0.717, 1.165) is 0 Å². The molecule has 0 N–H and O–H groups in total. The van der Waals surface area contributed by atoms with Gasteiger partial charge in [-0.3, -0.25) is 0 Å². The van der Waals surface area contributed by atoms with Gasteiger partial charge in [0.05, 0.1) is 0 Å². The molecule has 0 atom stereocenters. The molecule has 1 aromatic carbocycles. The maximum absolute atomic E-state index is 2.12. The van der Waals surface area contributed by atoms with Crippen LogP contribution in [0.3, 0.4) is 0 Å². The summed E-state index contributed by atoms with van der Waals surface area (Å²) >= 11 is 0. The van der Waals surface area contributed by atoms with Crippen LogP contribution in [-0.4, -0.2) is 0 Å². The molecule has 10 heavy (non-hydrogen) atoms. The van der Waals surface area contributed by atoms with Crippen LogP contribution in [0.25, 0.3) is 6.08 Å². The number of hydrogen-bond acceptors (Lipinski definition) is 0. The predicted molar refractivity (Wildman–Crippen MR) is 45.9 cm³/mol. The molecule has 0 aliphatic rings. The molecular weight excluding hydrogens is 120 g/mol. The fourth-order valence-corrected chi connectivity index (χ4v) is 0.953. The Labute approximate surface area is 62.2 Å². The first kappa shape index (κ1) is 7.07. The lowest BCUT2D eigenvalue weighted by Gasteiger charge is -1.96. The molecule has 0 fully saturated rings. The second-order valence-corrected chi connectivity index (χ2v) is 2.36. The first-order valence-corrected chi connectivity index (χ1v) is 3.53. The van der Waals surface area contributed by atoms with E-state index in [-0.39, 0.29) is 0 Å². The van der Waals surface area contributed by atoms with E-state index in [0.29, 0.717) is 0 Å². The van der Waals surface area contributed by atoms with Crippen molar-refractivity contribution in [1.82, 2.24) is 0 Å². The number of rotatable bonds is 1. The van der Waals surface area contributed by atoms with Crippen molar-refractivity contribution in [2.24, 2.45) is 0 Å². The Bertz CT molecular complexity index is 234. The van der Waals surface area contributed by atoms with Gasteiger partial charge in [0.15, 0.2) is 0 Å². The number of allylic oxidation sites excluding steroid dienone is 1. The van der Waals surface area contributed by atoms with Crippen LogP contribution < -0.4 is 0 Å². The lowest BCUT2D eigenvalue weighted by atomic mass is 10.1. The fraction of sp³-hybridized carbons (Fsp3) is 0.200. The van der Waals surface area contributed by atoms with Crippen molar-refractivity contribution in [2.45, 2.75) is 13.8 Å². The zero-order valence-electron chi connectivity index (χ0n) is 6.46. The number of hydrogen-bond donors (Lipinski definition) is 0. The van der Waals surface area contributed by atoms with Crippen molar-refractivity contribution in [3.8, 4) is 0 Å². The van der Waals surface area contributed by atoms with E-state index >= 15 is 0 Å². The topological polar surface area (TPSA) is 0 Å². The molecule has 0 radical (unpaired) electrons. The molecule has 0 nitrogen and oxygen atoms in total. The Hall–Kier alpha value is -1.04. The van der Waals surface area contributed by atoms with Crippen LogP contribution in [0, 0.1) is 6.92 Å². The van der Waals surface area contributed by atoms with Crippen molar-refractivity contribution < 1.29 is 0 Å². The molecule has 0 aliphatic carbocycles. The molecule has 0 heteroatoms. The molecule has 0 heterocycles. The molecule has 0 saturated heterocycles. The highest BCUT2D eigenvalue weighted by Crippen LogP contribution is 2.07. The van der Waals surface area contributed by atoms with Crippen molar-refractivity contribution >= 4 is 6.08 Å². The van der Waals surface area contributed by atoms with Crippen LogP contribution in [-0.2, 0) is 0 Å². The van der Waals surface area contributed by atoms with Gasteiger partial charge in [-0.1, -0.05) is 36.4 Å². The van der Waals surface area contributed by atoms with Crippen LogP contribution in [0.4, 0.5) is 0 Å². The van der Waals surface area contributed by atoms with Gasteiger partial charge in [0, 0.05) is 0 Å². The molecule has 0 unspecified atom stereocenters. The standard InChI is InChI=1S/C10H12/c1-3-6-10-8-5-4-7-9(10)2/h3-8H,1-2H3/b6-3+. The van der Waals surface area contributed by atoms with Gasteiger partial charge >= 0.3 is 0 Å². The van der Waals surface area contributed by atoms with Crippen LogP contribution >= 0.6 is 0 Å². The van der Waals surface area contributed by atoms with Crippen LogP contribution in [0.2, 0.25) is 0 Å². The van der Waals surface area contributed by atoms with E-state index in [1.165, 1.54) is 11.1 Å². The third-order valence-electron chi connectivity index (χ3n) is 1.53. The Morgan fingerprint density at radius 3 is 2.50 bits per heavy atom. The second-order valence-electron chi connectivity index (χ2n) is 2.36. The number of aryl methyl sites for hydroxylation is 1. The molecular formula is C10H12. The largest absolute Gasteiger partial charge is 0.0871 e. The molecule has 1 aromatic rings. The quantitative estimate of drug-likeness (QED) is 0.551. The van der Waals surface area contributed by atoms with Crippen LogP contribution in [0.1, 0.15) is 18.1 Å². The van der Waals surface area contributed by atoms with Crippen molar-refractivity contribution in [3.63, 3.8) is 0 Å². The summed E-state index contributed by atoms with van der Waals surface area (Å²) in [6.45, 7) is 4.15. The molecule has 1 rings (SSSR count). The summed E-state index contributed by atoms with van der Waals surface area (Å²) < 4.78 is 0. The number of benzene rings is 1. The van der Waals surface area contributed by atoms with Gasteiger partial charge in [-0.25, -0.2) is 0 Å². The summed E-state index contributed by atoms with van der Waals surface area (Å²) in [5, 5.41) is 0. The zero-order chi connectivity index (χ0) is 7.40. The molecule has 0 aliphatic heterocycles. The van der Waals surface area contributed by atoms with E-state index in [2.05, 4.69) is 43.3 Å². The van der Waals surface area contributed by atoms with Gasteiger partial charge in [-0.05, 0) is 25.0 Å². The van der Waals surface area contributed by atoms with E-state index in [1.54, 1.807) is 0 Å². The Kier molecular flexibility index (Phi) is 2.27. The van der Waals surface area contributed by atoms with Gasteiger partial charge in [0.1, 0.15) is 0 Å². The maximum atomic E-state index is 2.12. The minimum Gasteiger partial charge on any atom is -0.0871 e. The second kappa shape index (κ2) is 3.21. The SMILES string of the molecule is C/C=C/c1ccccc1C. The molecule has 0 aromatic heterocycles. The van der Waals surface area contributed by atoms with Gasteiger partial charge in [0.2, 0.25) is 0 Å². The molecule has 0 saturated carbocycles. The third kappa shape index (κ3) is 1.47. The van der Waals surface area contributed by atoms with E-state index in [9.17, 15) is 0 Å². The Morgan fingerprint density at radius 1 is 1.20 bits per heavy atom. The molecule has 0 amide bonds. The average Bonchev–Trinajstić information content (AvgIpc) is 1.94. The summed E-state index contributed by atoms with van der Waals surface area (Å²) in [6, 6.07) is 8.36. The fourth-order valence-electron chi connectivity index (χ4n) is 0.953. The predicted octanol–water partition coefficient (Wildman–Crippen LogP) is 3.03. The minimum absolute atomic E-state index is 1.31. The zero-order valence-corrected chi connectivity index (χ0v) is 6.46. The highest BCUT2D eigenvalue weighted by Gasteiger charge is 1.87. The maximum Gasteiger partial charge on any atom is -0.0231 e. The van der Waals surface area contributed by atoms with Crippen LogP contribution in [0.15, 0.2) is 30.3 Å². The lowest BCUT2D eigenvalue weighted by Crippen LogP contribution is -1.76. The smallest absolute Gasteiger partial charge is 0.0231 e. The van der Waals surface area contributed by atoms with Crippen molar-refractivity contribution in [1.29, 1.82) is 0 Å². The summed E-state index contributed by atoms with van der Waals surface area (Å²) in [7, 11) is 0. The van der Waals surface area contributed by atoms with E-state index in [1.807, 2.05) is 6.92 Å². The molecule has 0 bridgehead atoms. The van der Waals surface area contributed by atoms with Crippen molar-refractivity contribution in [3.05, 3.63) is 41.5 Å². The van der Waals surface area contributed by atoms with Crippen molar-refractivity contribution in [2.75, 3.05) is 0 Å². The highest BCUT2D eigenvalue weighted by molar-refractivity contribution is 5.52. The monoisotopic (exact) mass is 132 g/mol. The Morgan fingerprint density at radius 2 is 1.90 bits per heavy atom. The lowest BCUT2D eigenvalue weighted by molar-refractivity contribution is 1.44. The van der Waals surface area contributed by atoms with Gasteiger partial charge in [-0.15, -0.1) is 0 Å². The summed E-state index contributed by atoms with van der Waals surface area (Å²) in [6.07, 6.45) is 4.18. The summed E-state index contributed by atoms with van der Waals surface area (Å²) in [5.74, 6) is 0. The minimum atomic E-state index is 1.31. The first-order chi connectivity index (χ1) is 4.84. The van der Waals surface area contributed by atoms with Gasteiger partial charge < -0.3 is 0 Å². The Balaban J connectivity index is 3.03. The molecule has 0 spiro atoms. The van der Waals surface area contributed by atoms with E-state index in [4.69, 9.17) is 0 Å². The highest BCUT2D eigenvalue weighted by atomic mass is 13.9. The summed E-state index contributed by atoms with van der Waals surface area (Å²) in [4.78, 5) is 0. The van der Waals surface area contributed by atoms with Gasteiger partial charge in [0.25, 0.3) is 0 Å². The third-order valence-corrected chi connectivity index (χ3v) is 1.53. The summed E-state index contributed by atoms with van der Waals surface area (Å²) in [5.41, 5.74) is 2.64. The first-order valence-electron chi connectivity index (χ1n) is 3.53.